The minimum atomic E-state index is -0.864. The standard InChI is InChI=1S/C39H71NO3/c1-3-5-7-9-11-13-15-17-19-20-21-23-25-27-29-31-33-35-39(43)40-37(36-41)38(42)34-32-30-28-26-24-22-18-16-14-12-10-8-6-4-2/h11,13,17,19,24,26,32,34,37-38,41-42H,3-10,12,14-16,18,20-23,25,27-31,33,35-36H2,1-2H3,(H,40,43)/b13-11-,19-17-,26-24+,34-32+. The summed E-state index contributed by atoms with van der Waals surface area (Å²) in [6.07, 6.45) is 46.2. The fourth-order valence-electron chi connectivity index (χ4n) is 5.16. The number of carbonyl (C=O) groups is 1. The third-order valence-electron chi connectivity index (χ3n) is 8.03. The van der Waals surface area contributed by atoms with Gasteiger partial charge in [0, 0.05) is 6.42 Å². The molecule has 0 saturated heterocycles. The van der Waals surface area contributed by atoms with Gasteiger partial charge in [0.05, 0.1) is 18.8 Å². The van der Waals surface area contributed by atoms with Crippen LogP contribution < -0.4 is 5.32 Å². The molecule has 0 fully saturated rings. The van der Waals surface area contributed by atoms with E-state index >= 15 is 0 Å². The predicted molar refractivity (Wildman–Crippen MR) is 188 cm³/mol. The first-order chi connectivity index (χ1) is 21.2. The van der Waals surface area contributed by atoms with Gasteiger partial charge in [0.1, 0.15) is 0 Å². The quantitative estimate of drug-likeness (QED) is 0.0530. The summed E-state index contributed by atoms with van der Waals surface area (Å²) in [6.45, 7) is 4.24. The molecule has 0 spiro atoms. The second-order valence-electron chi connectivity index (χ2n) is 12.3. The number of amides is 1. The van der Waals surface area contributed by atoms with E-state index in [1.54, 1.807) is 6.08 Å². The van der Waals surface area contributed by atoms with E-state index in [0.717, 1.165) is 44.9 Å². The van der Waals surface area contributed by atoms with Crippen molar-refractivity contribution >= 4 is 5.91 Å². The third-order valence-corrected chi connectivity index (χ3v) is 8.03. The summed E-state index contributed by atoms with van der Waals surface area (Å²) >= 11 is 0. The van der Waals surface area contributed by atoms with E-state index in [0.29, 0.717) is 6.42 Å². The van der Waals surface area contributed by atoms with Crippen LogP contribution in [0.4, 0.5) is 0 Å². The number of carbonyl (C=O) groups excluding carboxylic acids is 1. The fourth-order valence-corrected chi connectivity index (χ4v) is 5.16. The highest BCUT2D eigenvalue weighted by Gasteiger charge is 2.17. The number of hydrogen-bond acceptors (Lipinski definition) is 3. The Labute approximate surface area is 267 Å². The second kappa shape index (κ2) is 34.8. The molecule has 43 heavy (non-hydrogen) atoms. The molecule has 0 aromatic rings. The second-order valence-corrected chi connectivity index (χ2v) is 12.3. The molecular weight excluding hydrogens is 530 g/mol. The van der Waals surface area contributed by atoms with Crippen LogP contribution in [0.15, 0.2) is 48.6 Å². The number of aliphatic hydroxyl groups is 2. The Morgan fingerprint density at radius 3 is 1.53 bits per heavy atom. The van der Waals surface area contributed by atoms with Gasteiger partial charge in [0.2, 0.25) is 5.91 Å². The molecule has 4 heteroatoms. The van der Waals surface area contributed by atoms with E-state index in [4.69, 9.17) is 0 Å². The molecule has 250 valence electrons. The van der Waals surface area contributed by atoms with Gasteiger partial charge in [0.15, 0.2) is 0 Å². The lowest BCUT2D eigenvalue weighted by atomic mass is 10.1. The first kappa shape index (κ1) is 41.4. The fraction of sp³-hybridized carbons (Fsp3) is 0.769. The van der Waals surface area contributed by atoms with Crippen molar-refractivity contribution in [2.24, 2.45) is 0 Å². The number of rotatable bonds is 32. The smallest absolute Gasteiger partial charge is 0.220 e. The van der Waals surface area contributed by atoms with Crippen molar-refractivity contribution in [3.05, 3.63) is 48.6 Å². The number of hydrogen-bond donors (Lipinski definition) is 3. The Balaban J connectivity index is 3.70. The zero-order valence-electron chi connectivity index (χ0n) is 28.5. The Hall–Kier alpha value is -1.65. The molecule has 0 aliphatic heterocycles. The maximum atomic E-state index is 12.3. The van der Waals surface area contributed by atoms with Gasteiger partial charge < -0.3 is 15.5 Å². The topological polar surface area (TPSA) is 69.6 Å². The van der Waals surface area contributed by atoms with Crippen LogP contribution in [-0.4, -0.2) is 34.9 Å². The highest BCUT2D eigenvalue weighted by atomic mass is 16.3. The third kappa shape index (κ3) is 31.6. The molecule has 4 nitrogen and oxygen atoms in total. The summed E-state index contributed by atoms with van der Waals surface area (Å²) in [7, 11) is 0. The molecular formula is C39H71NO3. The summed E-state index contributed by atoms with van der Waals surface area (Å²) in [5.74, 6) is -0.0852. The normalized spacial score (nSPS) is 13.7. The highest BCUT2D eigenvalue weighted by Crippen LogP contribution is 2.12. The maximum absolute atomic E-state index is 12.3. The van der Waals surface area contributed by atoms with Crippen molar-refractivity contribution < 1.29 is 15.0 Å². The van der Waals surface area contributed by atoms with Crippen molar-refractivity contribution in [3.8, 4) is 0 Å². The molecule has 3 N–H and O–H groups in total. The van der Waals surface area contributed by atoms with E-state index < -0.39 is 12.1 Å². The molecule has 0 heterocycles. The molecule has 2 atom stereocenters. The van der Waals surface area contributed by atoms with Gasteiger partial charge >= 0.3 is 0 Å². The zero-order valence-corrected chi connectivity index (χ0v) is 28.5. The average Bonchev–Trinajstić information content (AvgIpc) is 3.01. The first-order valence-electron chi connectivity index (χ1n) is 18.4. The lowest BCUT2D eigenvalue weighted by Gasteiger charge is -2.19. The van der Waals surface area contributed by atoms with Crippen molar-refractivity contribution in [2.45, 2.75) is 187 Å². The van der Waals surface area contributed by atoms with E-state index in [1.165, 1.54) is 109 Å². The lowest BCUT2D eigenvalue weighted by Crippen LogP contribution is -2.45. The van der Waals surface area contributed by atoms with E-state index in [-0.39, 0.29) is 12.5 Å². The molecule has 0 bridgehead atoms. The molecule has 0 aromatic carbocycles. The van der Waals surface area contributed by atoms with Crippen LogP contribution in [0.1, 0.15) is 174 Å². The molecule has 0 aliphatic rings. The minimum absolute atomic E-state index is 0.0852. The Morgan fingerprint density at radius 1 is 0.558 bits per heavy atom. The largest absolute Gasteiger partial charge is 0.394 e. The highest BCUT2D eigenvalue weighted by molar-refractivity contribution is 5.76. The van der Waals surface area contributed by atoms with Crippen LogP contribution in [0.5, 0.6) is 0 Å². The van der Waals surface area contributed by atoms with Gasteiger partial charge in [-0.05, 0) is 64.2 Å². The van der Waals surface area contributed by atoms with Crippen molar-refractivity contribution in [1.82, 2.24) is 5.32 Å². The SMILES string of the molecule is CCCCC/C=C\C/C=C\CCCCCCCCCC(=O)NC(CO)C(O)/C=C/CC/C=C/CCCCCCCCCC. The van der Waals surface area contributed by atoms with Crippen LogP contribution in [0, 0.1) is 0 Å². The first-order valence-corrected chi connectivity index (χ1v) is 18.4. The number of allylic oxidation sites excluding steroid dienone is 7. The summed E-state index contributed by atoms with van der Waals surface area (Å²) in [4.78, 5) is 12.3. The van der Waals surface area contributed by atoms with Crippen LogP contribution in [0.2, 0.25) is 0 Å². The summed E-state index contributed by atoms with van der Waals surface area (Å²) < 4.78 is 0. The molecule has 0 radical (unpaired) electrons. The summed E-state index contributed by atoms with van der Waals surface area (Å²) in [6, 6.07) is -0.642. The van der Waals surface area contributed by atoms with Crippen molar-refractivity contribution in [2.75, 3.05) is 6.61 Å². The van der Waals surface area contributed by atoms with Gasteiger partial charge in [-0.15, -0.1) is 0 Å². The minimum Gasteiger partial charge on any atom is -0.394 e. The van der Waals surface area contributed by atoms with E-state index in [2.05, 4.69) is 55.6 Å². The monoisotopic (exact) mass is 602 g/mol. The van der Waals surface area contributed by atoms with Crippen LogP contribution in [0.3, 0.4) is 0 Å². The van der Waals surface area contributed by atoms with Crippen molar-refractivity contribution in [1.29, 1.82) is 0 Å². The number of aliphatic hydroxyl groups excluding tert-OH is 2. The van der Waals surface area contributed by atoms with Gasteiger partial charge in [-0.1, -0.05) is 152 Å². The van der Waals surface area contributed by atoms with E-state index in [9.17, 15) is 15.0 Å². The Kier molecular flexibility index (Phi) is 33.5. The number of nitrogens with one attached hydrogen (secondary N) is 1. The molecule has 0 aliphatic carbocycles. The molecule has 2 unspecified atom stereocenters. The summed E-state index contributed by atoms with van der Waals surface area (Å²) in [5, 5.41) is 22.8. The van der Waals surface area contributed by atoms with Crippen LogP contribution >= 0.6 is 0 Å². The Morgan fingerprint density at radius 2 is 0.977 bits per heavy atom. The van der Waals surface area contributed by atoms with Gasteiger partial charge in [0.25, 0.3) is 0 Å². The maximum Gasteiger partial charge on any atom is 0.220 e. The molecule has 0 aromatic heterocycles. The lowest BCUT2D eigenvalue weighted by molar-refractivity contribution is -0.123. The molecule has 1 amide bonds. The molecule has 0 saturated carbocycles. The van der Waals surface area contributed by atoms with E-state index in [1.807, 2.05) is 6.08 Å². The molecule has 0 rings (SSSR count). The number of unbranched alkanes of at least 4 members (excludes halogenated alkanes) is 19. The average molecular weight is 602 g/mol. The Bertz CT molecular complexity index is 697. The summed E-state index contributed by atoms with van der Waals surface area (Å²) in [5.41, 5.74) is 0. The van der Waals surface area contributed by atoms with Crippen LogP contribution in [0.25, 0.3) is 0 Å². The predicted octanol–water partition coefficient (Wildman–Crippen LogP) is 10.8. The van der Waals surface area contributed by atoms with Gasteiger partial charge in [-0.3, -0.25) is 4.79 Å². The van der Waals surface area contributed by atoms with Crippen molar-refractivity contribution in [3.63, 3.8) is 0 Å². The van der Waals surface area contributed by atoms with Gasteiger partial charge in [-0.2, -0.15) is 0 Å². The van der Waals surface area contributed by atoms with Gasteiger partial charge in [-0.25, -0.2) is 0 Å². The zero-order chi connectivity index (χ0) is 31.5. The van der Waals surface area contributed by atoms with Crippen LogP contribution in [-0.2, 0) is 4.79 Å².